The van der Waals surface area contributed by atoms with E-state index in [1.807, 2.05) is 0 Å². The van der Waals surface area contributed by atoms with Crippen LogP contribution in [0, 0.1) is 19.7 Å². The lowest BCUT2D eigenvalue weighted by Crippen LogP contribution is -2.28. The first kappa shape index (κ1) is 17.7. The van der Waals surface area contributed by atoms with Gasteiger partial charge < -0.3 is 10.4 Å². The highest BCUT2D eigenvalue weighted by atomic mass is 19.1. The summed E-state index contributed by atoms with van der Waals surface area (Å²) in [6.07, 6.45) is 0. The first-order valence-electron chi connectivity index (χ1n) is 7.55. The van der Waals surface area contributed by atoms with Gasteiger partial charge in [-0.05, 0) is 68.7 Å². The fourth-order valence-electron chi connectivity index (χ4n) is 2.37. The first-order chi connectivity index (χ1) is 11.1. The molecule has 1 amide bonds. The zero-order valence-corrected chi connectivity index (χ0v) is 14.1. The van der Waals surface area contributed by atoms with Crippen molar-refractivity contribution in [2.75, 3.05) is 5.32 Å². The van der Waals surface area contributed by atoms with Crippen molar-refractivity contribution in [1.29, 1.82) is 0 Å². The maximum absolute atomic E-state index is 13.6. The fourth-order valence-corrected chi connectivity index (χ4v) is 2.37. The van der Waals surface area contributed by atoms with Crippen LogP contribution in [0.5, 0.6) is 0 Å². The number of halogens is 1. The summed E-state index contributed by atoms with van der Waals surface area (Å²) in [6.45, 7) is 6.46. The van der Waals surface area contributed by atoms with Gasteiger partial charge in [-0.15, -0.1) is 0 Å². The minimum Gasteiger partial charge on any atom is -0.481 e. The molecular formula is C19H20FNO3. The molecule has 0 spiro atoms. The van der Waals surface area contributed by atoms with Crippen molar-refractivity contribution in [3.63, 3.8) is 0 Å². The predicted molar refractivity (Wildman–Crippen MR) is 90.9 cm³/mol. The second-order valence-electron chi connectivity index (χ2n) is 6.39. The topological polar surface area (TPSA) is 66.4 Å². The van der Waals surface area contributed by atoms with Gasteiger partial charge in [0.05, 0.1) is 5.41 Å². The molecule has 2 N–H and O–H groups in total. The molecule has 4 nitrogen and oxygen atoms in total. The summed E-state index contributed by atoms with van der Waals surface area (Å²) in [4.78, 5) is 23.6. The van der Waals surface area contributed by atoms with E-state index in [2.05, 4.69) is 5.32 Å². The van der Waals surface area contributed by atoms with Crippen LogP contribution in [0.3, 0.4) is 0 Å². The molecule has 2 rings (SSSR count). The molecule has 0 aliphatic carbocycles. The minimum atomic E-state index is -1.01. The molecule has 24 heavy (non-hydrogen) atoms. The normalized spacial score (nSPS) is 11.2. The van der Waals surface area contributed by atoms with Gasteiger partial charge in [0, 0.05) is 11.3 Å². The summed E-state index contributed by atoms with van der Waals surface area (Å²) in [6, 6.07) is 9.65. The van der Waals surface area contributed by atoms with E-state index in [9.17, 15) is 19.1 Å². The number of hydrogen-bond acceptors (Lipinski definition) is 2. The van der Waals surface area contributed by atoms with Gasteiger partial charge in [0.15, 0.2) is 0 Å². The number of amides is 1. The maximum atomic E-state index is 13.6. The number of nitrogens with one attached hydrogen (secondary N) is 1. The molecule has 0 unspecified atom stereocenters. The van der Waals surface area contributed by atoms with Crippen LogP contribution in [-0.2, 0) is 10.2 Å². The molecule has 2 aromatic rings. The molecular weight excluding hydrogens is 309 g/mol. The molecule has 0 atom stereocenters. The molecule has 0 aromatic heterocycles. The van der Waals surface area contributed by atoms with Crippen molar-refractivity contribution >= 4 is 17.6 Å². The van der Waals surface area contributed by atoms with Gasteiger partial charge >= 0.3 is 5.97 Å². The van der Waals surface area contributed by atoms with E-state index >= 15 is 0 Å². The standard InChI is InChI=1S/C19H20FNO3/c1-11-9-13(10-12(2)16(11)20)17(22)21-15-7-5-14(6-8-15)19(3,4)18(23)24/h5-10H,1-4H3,(H,21,22)(H,23,24). The quantitative estimate of drug-likeness (QED) is 0.889. The van der Waals surface area contributed by atoms with Crippen LogP contribution in [-0.4, -0.2) is 17.0 Å². The molecule has 0 radical (unpaired) electrons. The Bertz CT molecular complexity index is 772. The van der Waals surface area contributed by atoms with E-state index in [1.165, 1.54) is 12.1 Å². The highest BCUT2D eigenvalue weighted by molar-refractivity contribution is 6.04. The van der Waals surface area contributed by atoms with Crippen LogP contribution < -0.4 is 5.32 Å². The third-order valence-corrected chi connectivity index (χ3v) is 4.10. The average Bonchev–Trinajstić information content (AvgIpc) is 2.52. The third kappa shape index (κ3) is 3.45. The Hall–Kier alpha value is -2.69. The number of aryl methyl sites for hydroxylation is 2. The Morgan fingerprint density at radius 1 is 1.04 bits per heavy atom. The van der Waals surface area contributed by atoms with Gasteiger partial charge in [0.1, 0.15) is 5.82 Å². The van der Waals surface area contributed by atoms with Crippen molar-refractivity contribution in [3.8, 4) is 0 Å². The third-order valence-electron chi connectivity index (χ3n) is 4.10. The highest BCUT2D eigenvalue weighted by Crippen LogP contribution is 2.25. The lowest BCUT2D eigenvalue weighted by atomic mass is 9.85. The summed E-state index contributed by atoms with van der Waals surface area (Å²) < 4.78 is 13.6. The molecule has 0 aliphatic heterocycles. The van der Waals surface area contributed by atoms with E-state index in [1.54, 1.807) is 52.0 Å². The van der Waals surface area contributed by atoms with Gasteiger partial charge in [-0.1, -0.05) is 12.1 Å². The van der Waals surface area contributed by atoms with Crippen molar-refractivity contribution in [1.82, 2.24) is 0 Å². The van der Waals surface area contributed by atoms with Crippen LogP contribution in [0.2, 0.25) is 0 Å². The molecule has 2 aromatic carbocycles. The van der Waals surface area contributed by atoms with Crippen LogP contribution in [0.1, 0.15) is 40.9 Å². The molecule has 0 fully saturated rings. The van der Waals surface area contributed by atoms with E-state index < -0.39 is 11.4 Å². The van der Waals surface area contributed by atoms with Crippen LogP contribution >= 0.6 is 0 Å². The van der Waals surface area contributed by atoms with Gasteiger partial charge in [-0.3, -0.25) is 9.59 Å². The zero-order valence-electron chi connectivity index (χ0n) is 14.1. The van der Waals surface area contributed by atoms with Crippen molar-refractivity contribution < 1.29 is 19.1 Å². The number of aliphatic carboxylic acids is 1. The predicted octanol–water partition coefficient (Wildman–Crippen LogP) is 4.06. The second kappa shape index (κ2) is 6.43. The van der Waals surface area contributed by atoms with Gasteiger partial charge in [-0.25, -0.2) is 4.39 Å². The van der Waals surface area contributed by atoms with E-state index in [-0.39, 0.29) is 11.7 Å². The van der Waals surface area contributed by atoms with Crippen molar-refractivity contribution in [3.05, 3.63) is 64.5 Å². The van der Waals surface area contributed by atoms with Crippen molar-refractivity contribution in [2.45, 2.75) is 33.1 Å². The second-order valence-corrected chi connectivity index (χ2v) is 6.39. The lowest BCUT2D eigenvalue weighted by molar-refractivity contribution is -0.142. The number of rotatable bonds is 4. The SMILES string of the molecule is Cc1cc(C(=O)Nc2ccc(C(C)(C)C(=O)O)cc2)cc(C)c1F. The molecule has 5 heteroatoms. The Labute approximate surface area is 140 Å². The van der Waals surface area contributed by atoms with Gasteiger partial charge in [0.2, 0.25) is 0 Å². The molecule has 0 saturated heterocycles. The highest BCUT2D eigenvalue weighted by Gasteiger charge is 2.29. The van der Waals surface area contributed by atoms with Crippen LogP contribution in [0.4, 0.5) is 10.1 Å². The summed E-state index contributed by atoms with van der Waals surface area (Å²) in [7, 11) is 0. The largest absolute Gasteiger partial charge is 0.481 e. The number of carbonyl (C=O) groups excluding carboxylic acids is 1. The molecule has 0 bridgehead atoms. The lowest BCUT2D eigenvalue weighted by Gasteiger charge is -2.20. The first-order valence-corrected chi connectivity index (χ1v) is 7.55. The van der Waals surface area contributed by atoms with E-state index in [0.29, 0.717) is 27.9 Å². The monoisotopic (exact) mass is 329 g/mol. The number of carboxylic acid groups (broad SMARTS) is 1. The molecule has 0 saturated carbocycles. The number of anilines is 1. The van der Waals surface area contributed by atoms with E-state index in [0.717, 1.165) is 0 Å². The molecule has 0 aliphatic rings. The zero-order chi connectivity index (χ0) is 18.1. The molecule has 0 heterocycles. The average molecular weight is 329 g/mol. The number of benzene rings is 2. The summed E-state index contributed by atoms with van der Waals surface area (Å²) in [5.41, 5.74) is 1.39. The van der Waals surface area contributed by atoms with E-state index in [4.69, 9.17) is 0 Å². The Balaban J connectivity index is 2.20. The number of hydrogen-bond donors (Lipinski definition) is 2. The fraction of sp³-hybridized carbons (Fsp3) is 0.263. The summed E-state index contributed by atoms with van der Waals surface area (Å²) in [5.74, 6) is -1.57. The number of carboxylic acids is 1. The van der Waals surface area contributed by atoms with Gasteiger partial charge in [-0.2, -0.15) is 0 Å². The Morgan fingerprint density at radius 2 is 1.54 bits per heavy atom. The molecule has 126 valence electrons. The summed E-state index contributed by atoms with van der Waals surface area (Å²) >= 11 is 0. The van der Waals surface area contributed by atoms with Gasteiger partial charge in [0.25, 0.3) is 5.91 Å². The Morgan fingerprint density at radius 3 is 2.00 bits per heavy atom. The smallest absolute Gasteiger partial charge is 0.313 e. The van der Waals surface area contributed by atoms with Crippen LogP contribution in [0.15, 0.2) is 36.4 Å². The maximum Gasteiger partial charge on any atom is 0.313 e. The Kier molecular flexibility index (Phi) is 4.73. The van der Waals surface area contributed by atoms with Crippen LogP contribution in [0.25, 0.3) is 0 Å². The number of carbonyl (C=O) groups is 2. The summed E-state index contributed by atoms with van der Waals surface area (Å²) in [5, 5.41) is 12.0. The minimum absolute atomic E-state index is 0.313. The van der Waals surface area contributed by atoms with Crippen molar-refractivity contribution in [2.24, 2.45) is 0 Å².